The van der Waals surface area contributed by atoms with E-state index in [-0.39, 0.29) is 11.1 Å². The molecule has 1 aromatic rings. The predicted octanol–water partition coefficient (Wildman–Crippen LogP) is 1.56. The molecule has 1 rings (SSSR count). The van der Waals surface area contributed by atoms with Crippen LogP contribution in [-0.2, 0) is 0 Å². The van der Waals surface area contributed by atoms with Crippen molar-refractivity contribution in [2.75, 3.05) is 5.33 Å². The summed E-state index contributed by atoms with van der Waals surface area (Å²) in [5, 5.41) is 28.9. The highest BCUT2D eigenvalue weighted by atomic mass is 79.9. The normalized spacial score (nSPS) is 14.4. The molecule has 0 spiro atoms. The van der Waals surface area contributed by atoms with Crippen molar-refractivity contribution in [3.63, 3.8) is 0 Å². The summed E-state index contributed by atoms with van der Waals surface area (Å²) < 4.78 is 0. The fourth-order valence-corrected chi connectivity index (χ4v) is 1.90. The first-order valence-corrected chi connectivity index (χ1v) is 5.94. The number of rotatable bonds is 5. The Bertz CT molecular complexity index is 367. The average molecular weight is 289 g/mol. The van der Waals surface area contributed by atoms with Crippen molar-refractivity contribution in [2.45, 2.75) is 18.6 Å². The van der Waals surface area contributed by atoms with Gasteiger partial charge in [0.05, 0.1) is 11.7 Å². The molecule has 16 heavy (non-hydrogen) atoms. The van der Waals surface area contributed by atoms with Gasteiger partial charge in [-0.1, -0.05) is 34.1 Å². The molecule has 0 aliphatic rings. The van der Waals surface area contributed by atoms with Gasteiger partial charge in [0.15, 0.2) is 0 Å². The lowest BCUT2D eigenvalue weighted by Crippen LogP contribution is -2.20. The molecule has 88 valence electrons. The summed E-state index contributed by atoms with van der Waals surface area (Å²) in [4.78, 5) is 10.9. The molecule has 0 fully saturated rings. The van der Waals surface area contributed by atoms with Gasteiger partial charge in [-0.15, -0.1) is 0 Å². The number of halogens is 1. The van der Waals surface area contributed by atoms with Crippen LogP contribution in [0.3, 0.4) is 0 Å². The number of hydrogen-bond donors (Lipinski definition) is 3. The fourth-order valence-electron chi connectivity index (χ4n) is 1.43. The number of carboxylic acid groups (broad SMARTS) is 1. The van der Waals surface area contributed by atoms with Crippen molar-refractivity contribution in [3.05, 3.63) is 35.4 Å². The molecule has 0 aliphatic heterocycles. The molecular formula is C11H13BrO4. The van der Waals surface area contributed by atoms with Gasteiger partial charge in [-0.05, 0) is 18.1 Å². The molecule has 4 nitrogen and oxygen atoms in total. The highest BCUT2D eigenvalue weighted by Crippen LogP contribution is 2.23. The lowest BCUT2D eigenvalue weighted by molar-refractivity contribution is 0.0164. The first kappa shape index (κ1) is 13.2. The maximum atomic E-state index is 10.9. The van der Waals surface area contributed by atoms with Crippen LogP contribution in [0.15, 0.2) is 24.3 Å². The number of carbonyl (C=O) groups is 1. The van der Waals surface area contributed by atoms with Crippen LogP contribution in [0.1, 0.15) is 28.4 Å². The Labute approximate surface area is 102 Å². The third kappa shape index (κ3) is 3.04. The fraction of sp³-hybridized carbons (Fsp3) is 0.364. The Morgan fingerprint density at radius 2 is 1.94 bits per heavy atom. The number of alkyl halides is 1. The number of aliphatic hydroxyl groups excluding tert-OH is 2. The van der Waals surface area contributed by atoms with Gasteiger partial charge < -0.3 is 15.3 Å². The first-order valence-electron chi connectivity index (χ1n) is 4.82. The van der Waals surface area contributed by atoms with E-state index in [1.54, 1.807) is 12.1 Å². The van der Waals surface area contributed by atoms with Gasteiger partial charge in [-0.3, -0.25) is 0 Å². The Kier molecular flexibility index (Phi) is 4.92. The van der Waals surface area contributed by atoms with Crippen LogP contribution in [0.4, 0.5) is 0 Å². The number of benzene rings is 1. The van der Waals surface area contributed by atoms with E-state index >= 15 is 0 Å². The zero-order valence-corrected chi connectivity index (χ0v) is 10.1. The SMILES string of the molecule is O=C(O)c1ccccc1C(O)C(O)CCBr. The predicted molar refractivity (Wildman–Crippen MR) is 62.8 cm³/mol. The van der Waals surface area contributed by atoms with E-state index < -0.39 is 18.2 Å². The minimum atomic E-state index is -1.18. The molecule has 5 heteroatoms. The summed E-state index contributed by atoms with van der Waals surface area (Å²) in [6.07, 6.45) is -1.79. The van der Waals surface area contributed by atoms with Crippen LogP contribution in [0.5, 0.6) is 0 Å². The zero-order chi connectivity index (χ0) is 12.1. The van der Waals surface area contributed by atoms with Crippen molar-refractivity contribution < 1.29 is 20.1 Å². The summed E-state index contributed by atoms with van der Waals surface area (Å²) >= 11 is 3.15. The maximum absolute atomic E-state index is 10.9. The van der Waals surface area contributed by atoms with Gasteiger partial charge >= 0.3 is 5.97 Å². The molecule has 2 atom stereocenters. The first-order chi connectivity index (χ1) is 7.57. The van der Waals surface area contributed by atoms with Crippen LogP contribution in [0, 0.1) is 0 Å². The van der Waals surface area contributed by atoms with Crippen molar-refractivity contribution in [3.8, 4) is 0 Å². The van der Waals surface area contributed by atoms with E-state index in [9.17, 15) is 15.0 Å². The smallest absolute Gasteiger partial charge is 0.336 e. The van der Waals surface area contributed by atoms with E-state index in [1.165, 1.54) is 12.1 Å². The highest BCUT2D eigenvalue weighted by Gasteiger charge is 2.22. The molecule has 0 aromatic heterocycles. The topological polar surface area (TPSA) is 77.8 Å². The molecule has 0 saturated heterocycles. The van der Waals surface area contributed by atoms with Crippen LogP contribution >= 0.6 is 15.9 Å². The van der Waals surface area contributed by atoms with E-state index in [0.717, 1.165) is 0 Å². The molecule has 0 radical (unpaired) electrons. The molecule has 0 heterocycles. The van der Waals surface area contributed by atoms with Crippen LogP contribution in [0.25, 0.3) is 0 Å². The summed E-state index contributed by atoms with van der Waals surface area (Å²) in [6.45, 7) is 0. The van der Waals surface area contributed by atoms with Gasteiger partial charge in [0, 0.05) is 5.33 Å². The lowest BCUT2D eigenvalue weighted by atomic mass is 9.97. The molecule has 2 unspecified atom stereocenters. The maximum Gasteiger partial charge on any atom is 0.336 e. The second-order valence-corrected chi connectivity index (χ2v) is 4.18. The van der Waals surface area contributed by atoms with Crippen molar-refractivity contribution in [1.29, 1.82) is 0 Å². The number of carboxylic acids is 1. The quantitative estimate of drug-likeness (QED) is 0.719. The summed E-state index contributed by atoms with van der Waals surface area (Å²) in [7, 11) is 0. The van der Waals surface area contributed by atoms with Crippen molar-refractivity contribution in [2.24, 2.45) is 0 Å². The largest absolute Gasteiger partial charge is 0.478 e. The number of aromatic carboxylic acids is 1. The third-order valence-electron chi connectivity index (χ3n) is 2.28. The van der Waals surface area contributed by atoms with Gasteiger partial charge in [0.1, 0.15) is 6.10 Å². The van der Waals surface area contributed by atoms with E-state index in [2.05, 4.69) is 15.9 Å². The monoisotopic (exact) mass is 288 g/mol. The van der Waals surface area contributed by atoms with Gasteiger partial charge in [0.25, 0.3) is 0 Å². The minimum absolute atomic E-state index is 0.0172. The average Bonchev–Trinajstić information content (AvgIpc) is 2.28. The Balaban J connectivity index is 2.98. The van der Waals surface area contributed by atoms with E-state index in [0.29, 0.717) is 11.8 Å². The van der Waals surface area contributed by atoms with Crippen molar-refractivity contribution >= 4 is 21.9 Å². The number of hydrogen-bond acceptors (Lipinski definition) is 3. The van der Waals surface area contributed by atoms with Crippen LogP contribution in [-0.4, -0.2) is 32.7 Å². The van der Waals surface area contributed by atoms with E-state index in [1.807, 2.05) is 0 Å². The molecule has 0 saturated carbocycles. The number of aliphatic hydroxyl groups is 2. The molecule has 1 aromatic carbocycles. The standard InChI is InChI=1S/C11H13BrO4/c12-6-5-9(13)10(14)7-3-1-2-4-8(7)11(15)16/h1-4,9-10,13-14H,5-6H2,(H,15,16). The van der Waals surface area contributed by atoms with Gasteiger partial charge in [0.2, 0.25) is 0 Å². The molecule has 0 aliphatic carbocycles. The molecule has 3 N–H and O–H groups in total. The lowest BCUT2D eigenvalue weighted by Gasteiger charge is -2.18. The molecule has 0 bridgehead atoms. The summed E-state index contributed by atoms with van der Waals surface area (Å²) in [5.41, 5.74) is 0.257. The third-order valence-corrected chi connectivity index (χ3v) is 2.74. The van der Waals surface area contributed by atoms with Gasteiger partial charge in [-0.25, -0.2) is 4.79 Å². The Hall–Kier alpha value is -0.910. The van der Waals surface area contributed by atoms with E-state index in [4.69, 9.17) is 5.11 Å². The van der Waals surface area contributed by atoms with Gasteiger partial charge in [-0.2, -0.15) is 0 Å². The highest BCUT2D eigenvalue weighted by molar-refractivity contribution is 9.09. The summed E-state index contributed by atoms with van der Waals surface area (Å²) in [6, 6.07) is 6.12. The Morgan fingerprint density at radius 1 is 1.31 bits per heavy atom. The summed E-state index contributed by atoms with van der Waals surface area (Å²) in [5.74, 6) is -1.11. The second-order valence-electron chi connectivity index (χ2n) is 3.38. The second kappa shape index (κ2) is 5.98. The van der Waals surface area contributed by atoms with Crippen LogP contribution < -0.4 is 0 Å². The zero-order valence-electron chi connectivity index (χ0n) is 8.51. The van der Waals surface area contributed by atoms with Crippen LogP contribution in [0.2, 0.25) is 0 Å². The minimum Gasteiger partial charge on any atom is -0.478 e. The Morgan fingerprint density at radius 3 is 2.50 bits per heavy atom. The van der Waals surface area contributed by atoms with Crippen molar-refractivity contribution in [1.82, 2.24) is 0 Å². The molecular weight excluding hydrogens is 276 g/mol. The molecule has 0 amide bonds.